The fourth-order valence-electron chi connectivity index (χ4n) is 1.77. The van der Waals surface area contributed by atoms with Gasteiger partial charge in [0.25, 0.3) is 5.91 Å². The zero-order valence-corrected chi connectivity index (χ0v) is 10.3. The van der Waals surface area contributed by atoms with Gasteiger partial charge in [0.15, 0.2) is 0 Å². The van der Waals surface area contributed by atoms with Gasteiger partial charge in [0.05, 0.1) is 12.6 Å². The van der Waals surface area contributed by atoms with Crippen LogP contribution < -0.4 is 5.32 Å². The number of carbonyl (C=O) groups is 1. The Morgan fingerprint density at radius 2 is 2.22 bits per heavy atom. The third-order valence-corrected chi connectivity index (χ3v) is 2.95. The van der Waals surface area contributed by atoms with Gasteiger partial charge in [0.2, 0.25) is 0 Å². The second-order valence-electron chi connectivity index (χ2n) is 4.20. The molecule has 2 N–H and O–H groups in total. The van der Waals surface area contributed by atoms with E-state index in [4.69, 9.17) is 5.11 Å². The Hall–Kier alpha value is -1.94. The van der Waals surface area contributed by atoms with Crippen LogP contribution in [0.2, 0.25) is 0 Å². The lowest BCUT2D eigenvalue weighted by Crippen LogP contribution is -2.36. The number of benzene rings is 1. The number of hydrogen-bond acceptors (Lipinski definition) is 3. The van der Waals surface area contributed by atoms with Crippen molar-refractivity contribution in [3.8, 4) is 0 Å². The second-order valence-corrected chi connectivity index (χ2v) is 4.20. The van der Waals surface area contributed by atoms with Crippen molar-refractivity contribution >= 4 is 16.7 Å². The molecule has 1 atom stereocenters. The first kappa shape index (κ1) is 12.5. The molecular weight excluding hydrogens is 228 g/mol. The topological polar surface area (TPSA) is 62.2 Å². The number of aromatic nitrogens is 1. The van der Waals surface area contributed by atoms with E-state index in [1.807, 2.05) is 25.1 Å². The molecule has 2 rings (SSSR count). The molecule has 94 valence electrons. The molecule has 1 heterocycles. The number of nitrogens with zero attached hydrogens (tertiary/aromatic N) is 1. The number of carbonyl (C=O) groups excluding carboxylic acids is 1. The fraction of sp³-hybridized carbons (Fsp3) is 0.286. The third kappa shape index (κ3) is 2.65. The molecule has 0 aliphatic rings. The Balaban J connectivity index is 2.22. The van der Waals surface area contributed by atoms with E-state index in [1.54, 1.807) is 18.5 Å². The van der Waals surface area contributed by atoms with Crippen LogP contribution in [0.15, 0.2) is 36.7 Å². The number of fused-ring (bicyclic) bond motifs is 1. The summed E-state index contributed by atoms with van der Waals surface area (Å²) < 4.78 is 0. The van der Waals surface area contributed by atoms with Gasteiger partial charge in [-0.2, -0.15) is 0 Å². The summed E-state index contributed by atoms with van der Waals surface area (Å²) in [6.45, 7) is 1.88. The monoisotopic (exact) mass is 244 g/mol. The lowest BCUT2D eigenvalue weighted by Gasteiger charge is -2.14. The van der Waals surface area contributed by atoms with Crippen LogP contribution >= 0.6 is 0 Å². The van der Waals surface area contributed by atoms with Crippen LogP contribution in [0, 0.1) is 0 Å². The van der Waals surface area contributed by atoms with Crippen LogP contribution in [-0.2, 0) is 0 Å². The van der Waals surface area contributed by atoms with Gasteiger partial charge in [0.1, 0.15) is 0 Å². The van der Waals surface area contributed by atoms with Crippen LogP contribution in [0.1, 0.15) is 23.7 Å². The number of nitrogens with one attached hydrogen (secondary N) is 1. The quantitative estimate of drug-likeness (QED) is 0.861. The highest BCUT2D eigenvalue weighted by molar-refractivity contribution is 5.98. The van der Waals surface area contributed by atoms with Crippen molar-refractivity contribution < 1.29 is 9.90 Å². The van der Waals surface area contributed by atoms with Crippen LogP contribution in [-0.4, -0.2) is 28.6 Å². The van der Waals surface area contributed by atoms with Crippen LogP contribution in [0.4, 0.5) is 0 Å². The summed E-state index contributed by atoms with van der Waals surface area (Å²) in [5, 5.41) is 13.8. The maximum absolute atomic E-state index is 12.0. The van der Waals surface area contributed by atoms with Crippen molar-refractivity contribution in [2.45, 2.75) is 19.4 Å². The first-order valence-corrected chi connectivity index (χ1v) is 6.00. The smallest absolute Gasteiger partial charge is 0.251 e. The molecule has 0 spiro atoms. The number of aliphatic hydroxyl groups excluding tert-OH is 1. The van der Waals surface area contributed by atoms with E-state index in [0.29, 0.717) is 12.0 Å². The minimum absolute atomic E-state index is 0.0419. The van der Waals surface area contributed by atoms with Gasteiger partial charge in [-0.1, -0.05) is 13.0 Å². The minimum Gasteiger partial charge on any atom is -0.394 e. The van der Waals surface area contributed by atoms with Crippen LogP contribution in [0.5, 0.6) is 0 Å². The maximum atomic E-state index is 12.0. The first-order valence-electron chi connectivity index (χ1n) is 6.00. The summed E-state index contributed by atoms with van der Waals surface area (Å²) in [5.41, 5.74) is 0.598. The molecule has 2 aromatic rings. The lowest BCUT2D eigenvalue weighted by molar-refractivity contribution is 0.0915. The van der Waals surface area contributed by atoms with Gasteiger partial charge in [0, 0.05) is 23.3 Å². The van der Waals surface area contributed by atoms with Gasteiger partial charge < -0.3 is 10.4 Å². The lowest BCUT2D eigenvalue weighted by atomic mass is 10.1. The maximum Gasteiger partial charge on any atom is 0.251 e. The van der Waals surface area contributed by atoms with E-state index < -0.39 is 0 Å². The number of aliphatic hydroxyl groups is 1. The molecule has 1 amide bonds. The summed E-state index contributed by atoms with van der Waals surface area (Å²) in [5.74, 6) is -0.158. The van der Waals surface area contributed by atoms with E-state index in [2.05, 4.69) is 10.3 Å². The van der Waals surface area contributed by atoms with E-state index >= 15 is 0 Å². The molecule has 4 heteroatoms. The van der Waals surface area contributed by atoms with Crippen molar-refractivity contribution in [2.75, 3.05) is 6.61 Å². The molecule has 0 aliphatic carbocycles. The number of rotatable bonds is 4. The predicted octanol–water partition coefficient (Wildman–Crippen LogP) is 1.74. The molecule has 0 fully saturated rings. The molecule has 0 aliphatic heterocycles. The summed E-state index contributed by atoms with van der Waals surface area (Å²) in [6.07, 6.45) is 4.17. The summed E-state index contributed by atoms with van der Waals surface area (Å²) in [7, 11) is 0. The Labute approximate surface area is 106 Å². The largest absolute Gasteiger partial charge is 0.394 e. The zero-order valence-electron chi connectivity index (χ0n) is 10.3. The average Bonchev–Trinajstić information content (AvgIpc) is 2.44. The van der Waals surface area contributed by atoms with Crippen LogP contribution in [0.3, 0.4) is 0 Å². The molecule has 0 bridgehead atoms. The highest BCUT2D eigenvalue weighted by Gasteiger charge is 2.11. The van der Waals surface area contributed by atoms with E-state index in [9.17, 15) is 4.79 Å². The van der Waals surface area contributed by atoms with Crippen molar-refractivity contribution in [1.82, 2.24) is 10.3 Å². The van der Waals surface area contributed by atoms with E-state index in [0.717, 1.165) is 10.8 Å². The molecule has 1 aromatic carbocycles. The normalized spacial score (nSPS) is 12.3. The highest BCUT2D eigenvalue weighted by atomic mass is 16.3. The Morgan fingerprint density at radius 3 is 2.94 bits per heavy atom. The SMILES string of the molecule is CCC(CO)NC(=O)c1ccc2cnccc2c1. The molecule has 4 nitrogen and oxygen atoms in total. The number of hydrogen-bond donors (Lipinski definition) is 2. The van der Waals surface area contributed by atoms with Gasteiger partial charge in [-0.3, -0.25) is 9.78 Å². The van der Waals surface area contributed by atoms with Crippen LogP contribution in [0.25, 0.3) is 10.8 Å². The van der Waals surface area contributed by atoms with Gasteiger partial charge in [-0.25, -0.2) is 0 Å². The average molecular weight is 244 g/mol. The Morgan fingerprint density at radius 1 is 1.39 bits per heavy atom. The minimum atomic E-state index is -0.189. The molecule has 18 heavy (non-hydrogen) atoms. The van der Waals surface area contributed by atoms with Crippen molar-refractivity contribution in [1.29, 1.82) is 0 Å². The third-order valence-electron chi connectivity index (χ3n) is 2.95. The zero-order chi connectivity index (χ0) is 13.0. The van der Waals surface area contributed by atoms with E-state index in [-0.39, 0.29) is 18.6 Å². The molecule has 1 aromatic heterocycles. The highest BCUT2D eigenvalue weighted by Crippen LogP contribution is 2.14. The standard InChI is InChI=1S/C14H16N2O2/c1-2-13(9-17)16-14(18)11-3-4-12-8-15-6-5-10(12)7-11/h3-8,13,17H,2,9H2,1H3,(H,16,18). The Kier molecular flexibility index (Phi) is 3.89. The van der Waals surface area contributed by atoms with Crippen molar-refractivity contribution in [2.24, 2.45) is 0 Å². The molecule has 1 unspecified atom stereocenters. The first-order chi connectivity index (χ1) is 8.74. The molecular formula is C14H16N2O2. The summed E-state index contributed by atoms with van der Waals surface area (Å²) in [4.78, 5) is 16.0. The fourth-order valence-corrected chi connectivity index (χ4v) is 1.77. The van der Waals surface area contributed by atoms with Gasteiger partial charge in [-0.05, 0) is 30.0 Å². The molecule has 0 saturated heterocycles. The number of pyridine rings is 1. The van der Waals surface area contributed by atoms with E-state index in [1.165, 1.54) is 0 Å². The molecule has 0 radical (unpaired) electrons. The molecule has 0 saturated carbocycles. The second kappa shape index (κ2) is 5.60. The predicted molar refractivity (Wildman–Crippen MR) is 70.4 cm³/mol. The van der Waals surface area contributed by atoms with Gasteiger partial charge >= 0.3 is 0 Å². The summed E-state index contributed by atoms with van der Waals surface area (Å²) >= 11 is 0. The van der Waals surface area contributed by atoms with Crippen molar-refractivity contribution in [3.63, 3.8) is 0 Å². The van der Waals surface area contributed by atoms with Gasteiger partial charge in [-0.15, -0.1) is 0 Å². The number of amides is 1. The summed E-state index contributed by atoms with van der Waals surface area (Å²) in [6, 6.07) is 7.15. The van der Waals surface area contributed by atoms with Crippen molar-refractivity contribution in [3.05, 3.63) is 42.2 Å². The Bertz CT molecular complexity index is 550.